The van der Waals surface area contributed by atoms with Crippen LogP contribution >= 0.6 is 11.6 Å². The van der Waals surface area contributed by atoms with E-state index in [1.807, 2.05) is 19.3 Å². The Morgan fingerprint density at radius 1 is 1.23 bits per heavy atom. The molecular formula is C32H34ClFN6O4. The van der Waals surface area contributed by atoms with Crippen LogP contribution in [0, 0.1) is 11.7 Å². The third kappa shape index (κ3) is 7.11. The number of amides is 1. The molecular weight excluding hydrogens is 587 g/mol. The van der Waals surface area contributed by atoms with Gasteiger partial charge >= 0.3 is 5.97 Å². The van der Waals surface area contributed by atoms with Crippen LogP contribution in [-0.4, -0.2) is 77.1 Å². The molecule has 2 unspecified atom stereocenters. The summed E-state index contributed by atoms with van der Waals surface area (Å²) in [5, 5.41) is 6.77. The molecule has 1 saturated heterocycles. The summed E-state index contributed by atoms with van der Waals surface area (Å²) in [5.41, 5.74) is 1.68. The number of fused-ring (bicyclic) bond motifs is 1. The number of benzene rings is 2. The lowest BCUT2D eigenvalue weighted by atomic mass is 10.1. The second-order valence-electron chi connectivity index (χ2n) is 11.3. The molecule has 1 aromatic heterocycles. The Morgan fingerprint density at radius 2 is 2.09 bits per heavy atom. The molecule has 0 radical (unpaired) electrons. The van der Waals surface area contributed by atoms with Gasteiger partial charge in [0.1, 0.15) is 29.8 Å². The van der Waals surface area contributed by atoms with Crippen LogP contribution in [0.3, 0.4) is 0 Å². The third-order valence-corrected chi connectivity index (χ3v) is 8.36. The van der Waals surface area contributed by atoms with Crippen molar-refractivity contribution in [2.75, 3.05) is 44.0 Å². The van der Waals surface area contributed by atoms with Gasteiger partial charge in [-0.2, -0.15) is 0 Å². The van der Waals surface area contributed by atoms with Crippen LogP contribution in [-0.2, 0) is 14.3 Å². The van der Waals surface area contributed by atoms with E-state index in [4.69, 9.17) is 21.1 Å². The molecule has 2 N–H and O–H groups in total. The molecule has 0 bridgehead atoms. The average molecular weight is 621 g/mol. The summed E-state index contributed by atoms with van der Waals surface area (Å²) in [4.78, 5) is 37.9. The fourth-order valence-electron chi connectivity index (χ4n) is 5.31. The highest BCUT2D eigenvalue weighted by atomic mass is 35.5. The first-order valence-corrected chi connectivity index (χ1v) is 15.1. The molecule has 1 saturated carbocycles. The minimum Gasteiger partial charge on any atom is -0.491 e. The Bertz CT molecular complexity index is 1610. The maximum absolute atomic E-state index is 13.7. The van der Waals surface area contributed by atoms with E-state index in [9.17, 15) is 14.0 Å². The van der Waals surface area contributed by atoms with E-state index in [1.54, 1.807) is 18.2 Å². The van der Waals surface area contributed by atoms with E-state index in [1.165, 1.54) is 24.5 Å². The highest BCUT2D eigenvalue weighted by molar-refractivity contribution is 6.31. The summed E-state index contributed by atoms with van der Waals surface area (Å²) in [6.07, 6.45) is 12.7. The van der Waals surface area contributed by atoms with Gasteiger partial charge in [-0.25, -0.2) is 19.2 Å². The monoisotopic (exact) mass is 620 g/mol. The minimum absolute atomic E-state index is 0.00773. The molecule has 12 heteroatoms. The number of halogens is 2. The molecule has 3 aliphatic rings. The minimum atomic E-state index is -0.513. The van der Waals surface area contributed by atoms with Crippen LogP contribution in [0.5, 0.6) is 5.75 Å². The molecule has 0 spiro atoms. The number of anilines is 3. The summed E-state index contributed by atoms with van der Waals surface area (Å²) < 4.78 is 24.9. The van der Waals surface area contributed by atoms with Gasteiger partial charge in [-0.15, -0.1) is 0 Å². The zero-order chi connectivity index (χ0) is 30.6. The molecule has 44 heavy (non-hydrogen) atoms. The van der Waals surface area contributed by atoms with Crippen LogP contribution in [0.1, 0.15) is 25.7 Å². The van der Waals surface area contributed by atoms with Crippen molar-refractivity contribution in [2.45, 2.75) is 37.8 Å². The molecule has 2 aromatic carbocycles. The van der Waals surface area contributed by atoms with Crippen molar-refractivity contribution in [2.24, 2.45) is 5.92 Å². The van der Waals surface area contributed by atoms with Crippen molar-refractivity contribution < 1.29 is 23.5 Å². The van der Waals surface area contributed by atoms with Crippen molar-refractivity contribution in [1.29, 1.82) is 0 Å². The fraction of sp³-hybridized carbons (Fsp3) is 0.375. The summed E-state index contributed by atoms with van der Waals surface area (Å²) in [6.45, 7) is 2.39. The van der Waals surface area contributed by atoms with Crippen molar-refractivity contribution in [1.82, 2.24) is 19.8 Å². The topological polar surface area (TPSA) is 109 Å². The zero-order valence-electron chi connectivity index (χ0n) is 24.3. The Balaban J connectivity index is 1.13. The average Bonchev–Trinajstić information content (AvgIpc) is 3.75. The number of hydrogen-bond acceptors (Lipinski definition) is 9. The molecule has 3 heterocycles. The van der Waals surface area contributed by atoms with Crippen molar-refractivity contribution >= 4 is 51.6 Å². The highest BCUT2D eigenvalue weighted by Crippen LogP contribution is 2.36. The van der Waals surface area contributed by atoms with E-state index in [2.05, 4.69) is 36.5 Å². The van der Waals surface area contributed by atoms with Gasteiger partial charge in [-0.1, -0.05) is 23.8 Å². The third-order valence-electron chi connectivity index (χ3n) is 8.07. The number of cyclic esters (lactones) is 1. The molecule has 2 fully saturated rings. The van der Waals surface area contributed by atoms with Crippen LogP contribution in [0.4, 0.5) is 21.6 Å². The predicted octanol–water partition coefficient (Wildman–Crippen LogP) is 5.28. The lowest BCUT2D eigenvalue weighted by Gasteiger charge is -2.34. The van der Waals surface area contributed by atoms with Crippen molar-refractivity contribution in [3.8, 4) is 5.75 Å². The molecule has 3 aromatic rings. The van der Waals surface area contributed by atoms with Crippen LogP contribution in [0.15, 0.2) is 61.1 Å². The number of aromatic nitrogens is 2. The molecule has 2 aliphatic heterocycles. The van der Waals surface area contributed by atoms with E-state index in [0.717, 1.165) is 32.2 Å². The van der Waals surface area contributed by atoms with E-state index in [-0.39, 0.29) is 29.0 Å². The maximum Gasteiger partial charge on any atom is 0.328 e. The van der Waals surface area contributed by atoms with Gasteiger partial charge in [0.25, 0.3) is 0 Å². The number of carbonyl (C=O) groups excluding carboxylic acids is 2. The van der Waals surface area contributed by atoms with Crippen molar-refractivity contribution in [3.63, 3.8) is 0 Å². The molecule has 230 valence electrons. The number of likely N-dealkylation sites (N-methyl/N-ethyl adjacent to an activating group) is 1. The van der Waals surface area contributed by atoms with E-state index >= 15 is 0 Å². The number of nitrogens with one attached hydrogen (secondary N) is 2. The van der Waals surface area contributed by atoms with E-state index in [0.29, 0.717) is 59.5 Å². The van der Waals surface area contributed by atoms with Gasteiger partial charge in [0, 0.05) is 48.8 Å². The highest BCUT2D eigenvalue weighted by Gasteiger charge is 2.32. The standard InChI is InChI=1S/C32H34ClFN6O4/c1-39(22-8-12-40(13-9-22)28-10-14-43-32(28)42)11-2-3-30(41)38-27-16-23-26(17-29(27)44-18-20-4-5-20)35-19-36-31(23)37-21-6-7-25(34)24(33)15-21/h2-3,6-8,12,15-17,19-20,22,28H,4-5,9-11,13-14,18H2,1H3,(H,38,41)(H,35,36,37). The molecule has 1 amide bonds. The quantitative estimate of drug-likeness (QED) is 0.218. The van der Waals surface area contributed by atoms with Crippen LogP contribution < -0.4 is 15.4 Å². The number of hydrogen-bond donors (Lipinski definition) is 2. The fourth-order valence-corrected chi connectivity index (χ4v) is 5.50. The van der Waals surface area contributed by atoms with Gasteiger partial charge in [0.15, 0.2) is 0 Å². The Kier molecular flexibility index (Phi) is 8.94. The van der Waals surface area contributed by atoms with E-state index < -0.39 is 5.82 Å². The first kappa shape index (κ1) is 29.8. The van der Waals surface area contributed by atoms with Gasteiger partial charge in [-0.3, -0.25) is 9.69 Å². The Morgan fingerprint density at radius 3 is 2.82 bits per heavy atom. The van der Waals surface area contributed by atoms with Gasteiger partial charge in [-0.05, 0) is 62.7 Å². The smallest absolute Gasteiger partial charge is 0.328 e. The SMILES string of the molecule is CN(CC=CC(=O)Nc1cc2c(Nc3ccc(F)c(Cl)c3)ncnc2cc1OCC1CC1)C1C=CN(C2CCOC2=O)CC1. The second-order valence-corrected chi connectivity index (χ2v) is 11.7. The lowest BCUT2D eigenvalue weighted by molar-refractivity contribution is -0.141. The number of nitrogens with zero attached hydrogens (tertiary/aromatic N) is 4. The van der Waals surface area contributed by atoms with Gasteiger partial charge in [0.2, 0.25) is 5.91 Å². The molecule has 6 rings (SSSR count). The predicted molar refractivity (Wildman–Crippen MR) is 166 cm³/mol. The first-order valence-electron chi connectivity index (χ1n) is 14.8. The molecule has 2 atom stereocenters. The maximum atomic E-state index is 13.7. The second kappa shape index (κ2) is 13.2. The summed E-state index contributed by atoms with van der Waals surface area (Å²) in [5.74, 6) is 0.560. The van der Waals surface area contributed by atoms with Gasteiger partial charge in [0.05, 0.1) is 29.4 Å². The number of ether oxygens (including phenoxy) is 2. The normalized spacial score (nSPS) is 20.0. The first-order chi connectivity index (χ1) is 21.3. The number of carbonyl (C=O) groups is 2. The Hall–Kier alpha value is -4.22. The summed E-state index contributed by atoms with van der Waals surface area (Å²) in [6, 6.07) is 7.90. The summed E-state index contributed by atoms with van der Waals surface area (Å²) >= 11 is 5.97. The Labute approximate surface area is 259 Å². The van der Waals surface area contributed by atoms with Crippen LogP contribution in [0.25, 0.3) is 10.9 Å². The van der Waals surface area contributed by atoms with Gasteiger partial charge < -0.3 is 25.0 Å². The summed E-state index contributed by atoms with van der Waals surface area (Å²) in [7, 11) is 2.01. The van der Waals surface area contributed by atoms with Crippen LogP contribution in [0.2, 0.25) is 5.02 Å². The number of esters is 1. The lowest BCUT2D eigenvalue weighted by Crippen LogP contribution is -2.42. The molecule has 10 nitrogen and oxygen atoms in total. The number of rotatable bonds is 11. The largest absolute Gasteiger partial charge is 0.491 e. The molecule has 1 aliphatic carbocycles. The van der Waals surface area contributed by atoms with Crippen molar-refractivity contribution in [3.05, 3.63) is 71.9 Å². The zero-order valence-corrected chi connectivity index (χ0v) is 25.1.